The Morgan fingerprint density at radius 3 is 2.24 bits per heavy atom. The van der Waals surface area contributed by atoms with Crippen molar-refractivity contribution in [1.29, 1.82) is 0 Å². The van der Waals surface area contributed by atoms with Crippen molar-refractivity contribution in [3.8, 4) is 5.75 Å². The first-order chi connectivity index (χ1) is 12.0. The summed E-state index contributed by atoms with van der Waals surface area (Å²) in [7, 11) is 0. The van der Waals surface area contributed by atoms with E-state index < -0.39 is 11.6 Å². The molecular formula is C19H26N2O4. The number of carboxylic acid groups (broad SMARTS) is 1. The lowest BCUT2D eigenvalue weighted by Gasteiger charge is -2.40. The second-order valence-electron chi connectivity index (χ2n) is 6.96. The Kier molecular flexibility index (Phi) is 5.27. The Morgan fingerprint density at radius 2 is 1.68 bits per heavy atom. The Hall–Kier alpha value is -2.08. The Bertz CT molecular complexity index is 605. The SMILES string of the molecule is CC(C(=O)N1CCC(Oc2ccccc2)(C(=O)O)CC1)N1CCCC1. The molecule has 6 heteroatoms. The molecule has 1 unspecified atom stereocenters. The molecule has 0 radical (unpaired) electrons. The monoisotopic (exact) mass is 346 g/mol. The third-order valence-corrected chi connectivity index (χ3v) is 5.37. The van der Waals surface area contributed by atoms with E-state index in [1.165, 1.54) is 0 Å². The zero-order valence-corrected chi connectivity index (χ0v) is 14.7. The highest BCUT2D eigenvalue weighted by atomic mass is 16.5. The number of carbonyl (C=O) groups excluding carboxylic acids is 1. The number of aliphatic carboxylic acids is 1. The maximum Gasteiger partial charge on any atom is 0.348 e. The summed E-state index contributed by atoms with van der Waals surface area (Å²) in [4.78, 5) is 28.6. The van der Waals surface area contributed by atoms with E-state index in [0.29, 0.717) is 31.7 Å². The minimum atomic E-state index is -1.25. The van der Waals surface area contributed by atoms with Gasteiger partial charge >= 0.3 is 5.97 Å². The van der Waals surface area contributed by atoms with E-state index in [1.54, 1.807) is 17.0 Å². The van der Waals surface area contributed by atoms with Crippen molar-refractivity contribution in [2.75, 3.05) is 26.2 Å². The zero-order chi connectivity index (χ0) is 17.9. The number of piperidine rings is 1. The number of para-hydroxylation sites is 1. The summed E-state index contributed by atoms with van der Waals surface area (Å²) in [6, 6.07) is 8.90. The highest BCUT2D eigenvalue weighted by Gasteiger charge is 2.45. The maximum atomic E-state index is 12.7. The fourth-order valence-electron chi connectivity index (χ4n) is 3.71. The number of likely N-dealkylation sites (tertiary alicyclic amines) is 2. The van der Waals surface area contributed by atoms with Crippen molar-refractivity contribution in [3.05, 3.63) is 30.3 Å². The molecule has 136 valence electrons. The molecule has 0 aliphatic carbocycles. The van der Waals surface area contributed by atoms with Crippen LogP contribution in [-0.2, 0) is 9.59 Å². The van der Waals surface area contributed by atoms with E-state index in [9.17, 15) is 14.7 Å². The lowest BCUT2D eigenvalue weighted by atomic mass is 9.90. The molecule has 2 fully saturated rings. The smallest absolute Gasteiger partial charge is 0.348 e. The Balaban J connectivity index is 1.63. The summed E-state index contributed by atoms with van der Waals surface area (Å²) in [6.45, 7) is 4.72. The van der Waals surface area contributed by atoms with Crippen LogP contribution in [-0.4, -0.2) is 64.6 Å². The normalized spacial score (nSPS) is 21.7. The zero-order valence-electron chi connectivity index (χ0n) is 14.7. The summed E-state index contributed by atoms with van der Waals surface area (Å²) in [5.74, 6) is -0.313. The predicted molar refractivity (Wildman–Crippen MR) is 93.5 cm³/mol. The van der Waals surface area contributed by atoms with Crippen LogP contribution >= 0.6 is 0 Å². The average Bonchev–Trinajstić information content (AvgIpc) is 3.16. The van der Waals surface area contributed by atoms with E-state index in [-0.39, 0.29) is 11.9 Å². The van der Waals surface area contributed by atoms with Crippen LogP contribution in [0.3, 0.4) is 0 Å². The van der Waals surface area contributed by atoms with Gasteiger partial charge in [0.05, 0.1) is 6.04 Å². The molecule has 2 heterocycles. The molecule has 2 aliphatic heterocycles. The van der Waals surface area contributed by atoms with Crippen molar-refractivity contribution >= 4 is 11.9 Å². The van der Waals surface area contributed by atoms with Crippen LogP contribution in [0.4, 0.5) is 0 Å². The van der Waals surface area contributed by atoms with Gasteiger partial charge in [-0.2, -0.15) is 0 Å². The van der Waals surface area contributed by atoms with E-state index in [0.717, 1.165) is 25.9 Å². The van der Waals surface area contributed by atoms with Gasteiger partial charge in [-0.25, -0.2) is 4.79 Å². The lowest BCUT2D eigenvalue weighted by molar-refractivity contribution is -0.162. The molecule has 1 aromatic carbocycles. The number of carboxylic acids is 1. The van der Waals surface area contributed by atoms with Gasteiger partial charge in [0.25, 0.3) is 0 Å². The number of hydrogen-bond donors (Lipinski definition) is 1. The first-order valence-electron chi connectivity index (χ1n) is 9.02. The molecule has 0 aromatic heterocycles. The van der Waals surface area contributed by atoms with Crippen molar-refractivity contribution < 1.29 is 19.4 Å². The van der Waals surface area contributed by atoms with Gasteiger partial charge in [-0.15, -0.1) is 0 Å². The van der Waals surface area contributed by atoms with Gasteiger partial charge in [0.1, 0.15) is 5.75 Å². The van der Waals surface area contributed by atoms with Gasteiger partial charge in [0.2, 0.25) is 11.5 Å². The first kappa shape index (κ1) is 17.7. The summed E-state index contributed by atoms with van der Waals surface area (Å²) < 4.78 is 5.84. The molecule has 0 saturated carbocycles. The standard InChI is InChI=1S/C19H26N2O4/c1-15(20-11-5-6-12-20)17(22)21-13-9-19(10-14-21,18(23)24)25-16-7-3-2-4-8-16/h2-4,7-8,15H,5-6,9-14H2,1H3,(H,23,24). The van der Waals surface area contributed by atoms with E-state index in [2.05, 4.69) is 4.90 Å². The summed E-state index contributed by atoms with van der Waals surface area (Å²) in [5, 5.41) is 9.72. The quantitative estimate of drug-likeness (QED) is 0.883. The summed E-state index contributed by atoms with van der Waals surface area (Å²) in [5.41, 5.74) is -1.25. The van der Waals surface area contributed by atoms with Crippen molar-refractivity contribution in [2.45, 2.75) is 44.2 Å². The number of benzene rings is 1. The first-order valence-corrected chi connectivity index (χ1v) is 9.02. The van der Waals surface area contributed by atoms with Crippen molar-refractivity contribution in [2.24, 2.45) is 0 Å². The minimum Gasteiger partial charge on any atom is -0.478 e. The molecule has 0 bridgehead atoms. The topological polar surface area (TPSA) is 70.1 Å². The van der Waals surface area contributed by atoms with Gasteiger partial charge in [-0.05, 0) is 45.0 Å². The van der Waals surface area contributed by atoms with Crippen LogP contribution in [0.1, 0.15) is 32.6 Å². The number of carbonyl (C=O) groups is 2. The molecule has 1 amide bonds. The maximum absolute atomic E-state index is 12.7. The lowest BCUT2D eigenvalue weighted by Crippen LogP contribution is -2.56. The molecule has 1 aromatic rings. The fraction of sp³-hybridized carbons (Fsp3) is 0.579. The van der Waals surface area contributed by atoms with E-state index in [4.69, 9.17) is 4.74 Å². The number of nitrogens with zero attached hydrogens (tertiary/aromatic N) is 2. The fourth-order valence-corrected chi connectivity index (χ4v) is 3.71. The van der Waals surface area contributed by atoms with Gasteiger partial charge in [-0.1, -0.05) is 18.2 Å². The van der Waals surface area contributed by atoms with Gasteiger partial charge in [-0.3, -0.25) is 9.69 Å². The molecule has 6 nitrogen and oxygen atoms in total. The predicted octanol–water partition coefficient (Wildman–Crippen LogP) is 2.00. The second-order valence-corrected chi connectivity index (χ2v) is 6.96. The molecule has 2 saturated heterocycles. The van der Waals surface area contributed by atoms with Crippen LogP contribution in [0.5, 0.6) is 5.75 Å². The summed E-state index contributed by atoms with van der Waals surface area (Å²) in [6.07, 6.45) is 2.89. The van der Waals surface area contributed by atoms with Gasteiger partial charge < -0.3 is 14.7 Å². The van der Waals surface area contributed by atoms with Crippen LogP contribution in [0.15, 0.2) is 30.3 Å². The Labute approximate surface area is 148 Å². The summed E-state index contributed by atoms with van der Waals surface area (Å²) >= 11 is 0. The minimum absolute atomic E-state index is 0.0978. The number of ether oxygens (including phenoxy) is 1. The van der Waals surface area contributed by atoms with E-state index >= 15 is 0 Å². The molecule has 2 aliphatic rings. The van der Waals surface area contributed by atoms with Crippen LogP contribution in [0.2, 0.25) is 0 Å². The Morgan fingerprint density at radius 1 is 1.08 bits per heavy atom. The average molecular weight is 346 g/mol. The second kappa shape index (κ2) is 7.44. The third kappa shape index (κ3) is 3.79. The van der Waals surface area contributed by atoms with Crippen LogP contribution < -0.4 is 4.74 Å². The van der Waals surface area contributed by atoms with Gasteiger partial charge in [0, 0.05) is 25.9 Å². The largest absolute Gasteiger partial charge is 0.478 e. The number of amides is 1. The number of hydrogen-bond acceptors (Lipinski definition) is 4. The van der Waals surface area contributed by atoms with Crippen LogP contribution in [0.25, 0.3) is 0 Å². The molecule has 0 spiro atoms. The number of rotatable bonds is 5. The van der Waals surface area contributed by atoms with Crippen LogP contribution in [0, 0.1) is 0 Å². The highest BCUT2D eigenvalue weighted by Crippen LogP contribution is 2.30. The molecular weight excluding hydrogens is 320 g/mol. The third-order valence-electron chi connectivity index (χ3n) is 5.37. The van der Waals surface area contributed by atoms with Gasteiger partial charge in [0.15, 0.2) is 0 Å². The molecule has 1 N–H and O–H groups in total. The molecule has 25 heavy (non-hydrogen) atoms. The van der Waals surface area contributed by atoms with Crippen molar-refractivity contribution in [3.63, 3.8) is 0 Å². The molecule has 3 rings (SSSR count). The van der Waals surface area contributed by atoms with E-state index in [1.807, 2.05) is 25.1 Å². The molecule has 1 atom stereocenters. The van der Waals surface area contributed by atoms with Crippen molar-refractivity contribution in [1.82, 2.24) is 9.80 Å². The highest BCUT2D eigenvalue weighted by molar-refractivity contribution is 5.83.